The van der Waals surface area contributed by atoms with Crippen molar-refractivity contribution in [3.63, 3.8) is 0 Å². The molecule has 3 N–H and O–H groups in total. The molecule has 1 amide bonds. The number of nitrogens with one attached hydrogen (secondary N) is 2. The van der Waals surface area contributed by atoms with E-state index in [4.69, 9.17) is 18.7 Å². The minimum Gasteiger partial charge on any atom is -0.431 e. The lowest BCUT2D eigenvalue weighted by Crippen LogP contribution is -2.36. The number of rotatable bonds is 26. The smallest absolute Gasteiger partial charge is 0.431 e. The van der Waals surface area contributed by atoms with Crippen molar-refractivity contribution in [3.8, 4) is 0 Å². The largest absolute Gasteiger partial charge is 0.508 e. The lowest BCUT2D eigenvalue weighted by Gasteiger charge is -2.26. The van der Waals surface area contributed by atoms with Crippen molar-refractivity contribution >= 4 is 19.9 Å². The molecule has 1 fully saturated rings. The van der Waals surface area contributed by atoms with Gasteiger partial charge in [-0.1, -0.05) is 114 Å². The molecule has 3 rings (SSSR count). The van der Waals surface area contributed by atoms with E-state index in [1.165, 1.54) is 70.4 Å². The van der Waals surface area contributed by atoms with Crippen molar-refractivity contribution in [1.29, 1.82) is 0 Å². The van der Waals surface area contributed by atoms with Crippen molar-refractivity contribution < 1.29 is 42.3 Å². The Morgan fingerprint density at radius 2 is 1.54 bits per heavy atom. The number of carbonyl (C=O) groups excluding carboxylic acids is 2. The van der Waals surface area contributed by atoms with Crippen LogP contribution in [0, 0.1) is 5.92 Å². The topological polar surface area (TPSA) is 184 Å². The molecule has 0 spiro atoms. The van der Waals surface area contributed by atoms with Gasteiger partial charge in [0.15, 0.2) is 0 Å². The number of hydrogen-bond acceptors (Lipinski definition) is 10. The second-order valence-corrected chi connectivity index (χ2v) is 14.8. The van der Waals surface area contributed by atoms with Crippen molar-refractivity contribution in [3.05, 3.63) is 69.0 Å². The molecular formula is C37H58N3O11P. The Morgan fingerprint density at radius 3 is 2.15 bits per heavy atom. The summed E-state index contributed by atoms with van der Waals surface area (Å²) in [6.07, 6.45) is 13.9. The molecule has 1 aliphatic heterocycles. The number of amides is 1. The number of nitrogens with zero attached hydrogens (tertiary/aromatic N) is 1. The molecule has 2 unspecified atom stereocenters. The average Bonchev–Trinajstić information content (AvgIpc) is 3.45. The Kier molecular flexibility index (Phi) is 20.0. The number of unbranched alkanes of at least 4 members (excludes halogenated alkanes) is 12. The number of hydrogen-bond donors (Lipinski definition) is 3. The first-order valence-corrected chi connectivity index (χ1v) is 20.3. The van der Waals surface area contributed by atoms with Crippen LogP contribution in [-0.4, -0.2) is 59.0 Å². The molecule has 1 aromatic heterocycles. The summed E-state index contributed by atoms with van der Waals surface area (Å²) < 4.78 is 40.5. The van der Waals surface area contributed by atoms with Gasteiger partial charge in [0.05, 0.1) is 0 Å². The highest BCUT2D eigenvalue weighted by Crippen LogP contribution is 2.50. The van der Waals surface area contributed by atoms with Gasteiger partial charge in [0.25, 0.3) is 5.56 Å². The van der Waals surface area contributed by atoms with Crippen LogP contribution in [-0.2, 0) is 39.2 Å². The highest BCUT2D eigenvalue weighted by atomic mass is 31.2. The number of phosphoric acid groups is 1. The van der Waals surface area contributed by atoms with Crippen LogP contribution in [0.25, 0.3) is 0 Å². The molecule has 15 heteroatoms. The number of aromatic amines is 1. The molecule has 2 heterocycles. The zero-order valence-corrected chi connectivity index (χ0v) is 31.6. The maximum absolute atomic E-state index is 12.8. The minimum absolute atomic E-state index is 0.0380. The fourth-order valence-corrected chi connectivity index (χ4v) is 7.03. The molecule has 52 heavy (non-hydrogen) atoms. The van der Waals surface area contributed by atoms with Gasteiger partial charge in [0.1, 0.15) is 31.6 Å². The summed E-state index contributed by atoms with van der Waals surface area (Å²) in [4.78, 5) is 62.0. The van der Waals surface area contributed by atoms with Crippen molar-refractivity contribution in [2.24, 2.45) is 5.92 Å². The molecule has 292 valence electrons. The standard InChI is InChI=1S/C37H58N3O11P/c1-3-4-5-6-7-8-9-10-11-12-13-14-18-23-32(41)38-25-19-22-30-34(51-52(45,46)47-2)31(50-35(30)40-26-24-33(42)39-36(40)43)28-49-37(44)48-27-29-20-16-15-17-21-29/h15-17,20-21,24,26,30-31,34-35H,3-14,18-19,22-23,25,27-28H2,1-2H3,(H,38,41)(H,45,46)(H,39,42,43)/t30?,31-,34-,35-/m1/s1. The Hall–Kier alpha value is -3.29. The normalized spacial score (nSPS) is 19.6. The van der Waals surface area contributed by atoms with Gasteiger partial charge in [-0.15, -0.1) is 0 Å². The van der Waals surface area contributed by atoms with Crippen LogP contribution in [0.4, 0.5) is 4.79 Å². The Bertz CT molecular complexity index is 1480. The highest BCUT2D eigenvalue weighted by molar-refractivity contribution is 7.47. The van der Waals surface area contributed by atoms with Crippen LogP contribution in [0.15, 0.2) is 52.2 Å². The molecule has 0 aliphatic carbocycles. The Balaban J connectivity index is 1.50. The van der Waals surface area contributed by atoms with Crippen molar-refractivity contribution in [2.45, 2.75) is 135 Å². The van der Waals surface area contributed by atoms with E-state index < -0.39 is 56.2 Å². The van der Waals surface area contributed by atoms with Gasteiger partial charge in [0.2, 0.25) is 5.91 Å². The van der Waals surface area contributed by atoms with Crippen LogP contribution in [0.3, 0.4) is 0 Å². The van der Waals surface area contributed by atoms with Crippen molar-refractivity contribution in [1.82, 2.24) is 14.9 Å². The predicted octanol–water partition coefficient (Wildman–Crippen LogP) is 6.91. The van der Waals surface area contributed by atoms with E-state index in [1.54, 1.807) is 24.3 Å². The molecular weight excluding hydrogens is 693 g/mol. The predicted molar refractivity (Wildman–Crippen MR) is 196 cm³/mol. The zero-order chi connectivity index (χ0) is 37.6. The summed E-state index contributed by atoms with van der Waals surface area (Å²) in [6, 6.07) is 10.1. The quantitative estimate of drug-likeness (QED) is 0.0515. The number of H-pyrrole nitrogens is 1. The van der Waals surface area contributed by atoms with Gasteiger partial charge in [-0.05, 0) is 24.8 Å². The first kappa shape index (κ1) is 43.1. The highest BCUT2D eigenvalue weighted by Gasteiger charge is 2.49. The molecule has 0 bridgehead atoms. The van der Waals surface area contributed by atoms with Gasteiger partial charge < -0.3 is 24.4 Å². The van der Waals surface area contributed by atoms with E-state index in [0.717, 1.165) is 42.6 Å². The van der Waals surface area contributed by atoms with Crippen LogP contribution in [0.2, 0.25) is 0 Å². The average molecular weight is 752 g/mol. The zero-order valence-electron chi connectivity index (χ0n) is 30.7. The third-order valence-electron chi connectivity index (χ3n) is 9.19. The van der Waals surface area contributed by atoms with E-state index >= 15 is 0 Å². The summed E-state index contributed by atoms with van der Waals surface area (Å²) >= 11 is 0. The Morgan fingerprint density at radius 1 is 0.904 bits per heavy atom. The van der Waals surface area contributed by atoms with E-state index in [9.17, 15) is 28.6 Å². The van der Waals surface area contributed by atoms with E-state index in [0.29, 0.717) is 19.4 Å². The fourth-order valence-electron chi connectivity index (χ4n) is 6.34. The molecule has 1 saturated heterocycles. The lowest BCUT2D eigenvalue weighted by molar-refractivity contribution is -0.121. The third-order valence-corrected chi connectivity index (χ3v) is 10.2. The molecule has 1 aromatic carbocycles. The van der Waals surface area contributed by atoms with Gasteiger partial charge >= 0.3 is 19.7 Å². The second-order valence-electron chi connectivity index (χ2n) is 13.3. The summed E-state index contributed by atoms with van der Waals surface area (Å²) in [5, 5.41) is 2.93. The van der Waals surface area contributed by atoms with Crippen molar-refractivity contribution in [2.75, 3.05) is 20.3 Å². The van der Waals surface area contributed by atoms with Crippen LogP contribution in [0.5, 0.6) is 0 Å². The number of phosphoric ester groups is 1. The number of benzene rings is 1. The van der Waals surface area contributed by atoms with E-state index in [-0.39, 0.29) is 18.9 Å². The molecule has 5 atom stereocenters. The Labute approximate surface area is 306 Å². The maximum atomic E-state index is 12.8. The van der Waals surface area contributed by atoms with Gasteiger partial charge in [-0.25, -0.2) is 14.2 Å². The van der Waals surface area contributed by atoms with Gasteiger partial charge in [-0.2, -0.15) is 0 Å². The number of carbonyl (C=O) groups is 2. The van der Waals surface area contributed by atoms with E-state index in [2.05, 4.69) is 21.7 Å². The molecule has 14 nitrogen and oxygen atoms in total. The summed E-state index contributed by atoms with van der Waals surface area (Å²) in [7, 11) is -3.58. The SMILES string of the molecule is CCCCCCCCCCCCCCCC(=O)NCCCC1[C@@H](OP(=O)(O)OC)[C@@H](COC(=O)OCc2ccccc2)O[C@H]1n1ccc(=O)[nH]c1=O. The third kappa shape index (κ3) is 16.2. The lowest BCUT2D eigenvalue weighted by atomic mass is 9.94. The van der Waals surface area contributed by atoms with Crippen LogP contribution < -0.4 is 16.6 Å². The van der Waals surface area contributed by atoms with E-state index in [1.807, 2.05) is 6.07 Å². The molecule has 1 aliphatic rings. The summed E-state index contributed by atoms with van der Waals surface area (Å²) in [5.41, 5.74) is -0.640. The first-order valence-electron chi connectivity index (χ1n) is 18.8. The number of ether oxygens (including phenoxy) is 3. The van der Waals surface area contributed by atoms with Gasteiger partial charge in [-0.3, -0.25) is 28.2 Å². The van der Waals surface area contributed by atoms with Gasteiger partial charge in [0, 0.05) is 38.3 Å². The second kappa shape index (κ2) is 24.1. The fraction of sp³-hybridized carbons (Fsp3) is 0.676. The molecule has 2 aromatic rings. The monoisotopic (exact) mass is 751 g/mol. The first-order chi connectivity index (χ1) is 25.1. The molecule has 0 saturated carbocycles. The van der Waals surface area contributed by atoms with Crippen LogP contribution in [0.1, 0.15) is 121 Å². The summed E-state index contributed by atoms with van der Waals surface area (Å²) in [6.45, 7) is 2.07. The molecule has 0 radical (unpaired) electrons. The minimum atomic E-state index is -4.59. The maximum Gasteiger partial charge on any atom is 0.508 e. The number of aromatic nitrogens is 2. The van der Waals surface area contributed by atoms with Crippen LogP contribution >= 0.6 is 7.82 Å². The summed E-state index contributed by atoms with van der Waals surface area (Å²) in [5.74, 6) is -0.822.